The van der Waals surface area contributed by atoms with E-state index in [1.165, 1.54) is 22.4 Å². The van der Waals surface area contributed by atoms with Crippen LogP contribution >= 0.6 is 0 Å². The molecule has 3 aromatic rings. The molecular weight excluding hydrogens is 258 g/mol. The van der Waals surface area contributed by atoms with Crippen LogP contribution in [0.25, 0.3) is 16.9 Å². The van der Waals surface area contributed by atoms with Crippen LogP contribution in [-0.4, -0.2) is 15.9 Å². The first-order chi connectivity index (χ1) is 10.2. The van der Waals surface area contributed by atoms with E-state index >= 15 is 0 Å². The van der Waals surface area contributed by atoms with Gasteiger partial charge in [0.25, 0.3) is 0 Å². The zero-order valence-corrected chi connectivity index (χ0v) is 12.6. The number of aromatic nitrogens is 2. The highest BCUT2D eigenvalue weighted by Crippen LogP contribution is 2.29. The SMILES string of the molecule is Cc1ccc(C)c(-c2nc3ccccn3c2CCCN)c1. The molecule has 108 valence electrons. The van der Waals surface area contributed by atoms with E-state index in [1.54, 1.807) is 0 Å². The van der Waals surface area contributed by atoms with Crippen molar-refractivity contribution in [3.05, 3.63) is 59.4 Å². The third-order valence-corrected chi connectivity index (χ3v) is 3.89. The highest BCUT2D eigenvalue weighted by molar-refractivity contribution is 5.70. The Morgan fingerprint density at radius 3 is 2.81 bits per heavy atom. The van der Waals surface area contributed by atoms with Gasteiger partial charge in [0, 0.05) is 11.8 Å². The molecule has 0 fully saturated rings. The fourth-order valence-corrected chi connectivity index (χ4v) is 2.76. The van der Waals surface area contributed by atoms with E-state index in [0.29, 0.717) is 6.54 Å². The van der Waals surface area contributed by atoms with Crippen LogP contribution in [0.3, 0.4) is 0 Å². The molecule has 0 radical (unpaired) electrons. The summed E-state index contributed by atoms with van der Waals surface area (Å²) in [6, 6.07) is 12.7. The Kier molecular flexibility index (Phi) is 3.76. The summed E-state index contributed by atoms with van der Waals surface area (Å²) in [5.74, 6) is 0. The second-order valence-corrected chi connectivity index (χ2v) is 5.55. The summed E-state index contributed by atoms with van der Waals surface area (Å²) in [6.07, 6.45) is 4.01. The lowest BCUT2D eigenvalue weighted by atomic mass is 10.0. The molecule has 0 amide bonds. The van der Waals surface area contributed by atoms with E-state index in [4.69, 9.17) is 10.7 Å². The van der Waals surface area contributed by atoms with Crippen molar-refractivity contribution in [3.8, 4) is 11.3 Å². The van der Waals surface area contributed by atoms with Crippen molar-refractivity contribution in [1.29, 1.82) is 0 Å². The van der Waals surface area contributed by atoms with Crippen molar-refractivity contribution in [2.75, 3.05) is 6.54 Å². The standard InChI is InChI=1S/C18H21N3/c1-13-8-9-14(2)15(12-13)18-16(6-5-10-19)21-11-4-3-7-17(21)20-18/h3-4,7-9,11-12H,5-6,10,19H2,1-2H3. The van der Waals surface area contributed by atoms with Gasteiger partial charge in [0.05, 0.1) is 11.4 Å². The third kappa shape index (κ3) is 2.57. The monoisotopic (exact) mass is 279 g/mol. The second kappa shape index (κ2) is 5.70. The van der Waals surface area contributed by atoms with Crippen LogP contribution in [0.4, 0.5) is 0 Å². The largest absolute Gasteiger partial charge is 0.330 e. The zero-order chi connectivity index (χ0) is 14.8. The van der Waals surface area contributed by atoms with Gasteiger partial charge in [-0.05, 0) is 57.0 Å². The molecule has 0 spiro atoms. The molecule has 2 N–H and O–H groups in total. The van der Waals surface area contributed by atoms with Crippen molar-refractivity contribution >= 4 is 5.65 Å². The molecule has 3 nitrogen and oxygen atoms in total. The van der Waals surface area contributed by atoms with Gasteiger partial charge < -0.3 is 10.1 Å². The quantitative estimate of drug-likeness (QED) is 0.794. The highest BCUT2D eigenvalue weighted by Gasteiger charge is 2.15. The topological polar surface area (TPSA) is 43.3 Å². The molecule has 2 aromatic heterocycles. The molecular formula is C18H21N3. The fourth-order valence-electron chi connectivity index (χ4n) is 2.76. The molecule has 0 saturated carbocycles. The maximum atomic E-state index is 5.70. The maximum Gasteiger partial charge on any atom is 0.137 e. The molecule has 0 atom stereocenters. The first kappa shape index (κ1) is 13.8. The number of nitrogens with zero attached hydrogens (tertiary/aromatic N) is 2. The number of rotatable bonds is 4. The van der Waals surface area contributed by atoms with Crippen molar-refractivity contribution < 1.29 is 0 Å². The minimum atomic E-state index is 0.701. The fraction of sp³-hybridized carbons (Fsp3) is 0.278. The Bertz CT molecular complexity index is 771. The number of hydrogen-bond donors (Lipinski definition) is 1. The number of imidazole rings is 1. The lowest BCUT2D eigenvalue weighted by Crippen LogP contribution is -2.03. The molecule has 0 bridgehead atoms. The summed E-state index contributed by atoms with van der Waals surface area (Å²) in [5, 5.41) is 0. The summed E-state index contributed by atoms with van der Waals surface area (Å²) in [7, 11) is 0. The third-order valence-electron chi connectivity index (χ3n) is 3.89. The van der Waals surface area contributed by atoms with Gasteiger partial charge in [0.1, 0.15) is 5.65 Å². The van der Waals surface area contributed by atoms with Crippen molar-refractivity contribution in [1.82, 2.24) is 9.38 Å². The first-order valence-corrected chi connectivity index (χ1v) is 7.44. The van der Waals surface area contributed by atoms with Crippen LogP contribution in [-0.2, 0) is 6.42 Å². The maximum absolute atomic E-state index is 5.70. The highest BCUT2D eigenvalue weighted by atomic mass is 15.0. The van der Waals surface area contributed by atoms with Gasteiger partial charge in [-0.25, -0.2) is 4.98 Å². The van der Waals surface area contributed by atoms with E-state index < -0.39 is 0 Å². The van der Waals surface area contributed by atoms with Crippen LogP contribution in [0.1, 0.15) is 23.2 Å². The van der Waals surface area contributed by atoms with Crippen LogP contribution in [0.15, 0.2) is 42.6 Å². The number of fused-ring (bicyclic) bond motifs is 1. The molecule has 3 heteroatoms. The minimum Gasteiger partial charge on any atom is -0.330 e. The van der Waals surface area contributed by atoms with Crippen LogP contribution < -0.4 is 5.73 Å². The summed E-state index contributed by atoms with van der Waals surface area (Å²) in [4.78, 5) is 4.86. The van der Waals surface area contributed by atoms with E-state index in [2.05, 4.69) is 48.7 Å². The summed E-state index contributed by atoms with van der Waals surface area (Å²) >= 11 is 0. The average Bonchev–Trinajstić information content (AvgIpc) is 2.86. The predicted molar refractivity (Wildman–Crippen MR) is 87.5 cm³/mol. The Balaban J connectivity index is 2.23. The smallest absolute Gasteiger partial charge is 0.137 e. The van der Waals surface area contributed by atoms with Gasteiger partial charge in [0.2, 0.25) is 0 Å². The lowest BCUT2D eigenvalue weighted by molar-refractivity contribution is 0.804. The minimum absolute atomic E-state index is 0.701. The second-order valence-electron chi connectivity index (χ2n) is 5.55. The molecule has 0 aliphatic heterocycles. The molecule has 0 unspecified atom stereocenters. The average molecular weight is 279 g/mol. The van der Waals surface area contributed by atoms with Gasteiger partial charge in [0.15, 0.2) is 0 Å². The number of pyridine rings is 1. The van der Waals surface area contributed by atoms with Crippen molar-refractivity contribution in [2.24, 2.45) is 5.73 Å². The van der Waals surface area contributed by atoms with Crippen molar-refractivity contribution in [3.63, 3.8) is 0 Å². The van der Waals surface area contributed by atoms with Gasteiger partial charge in [-0.1, -0.05) is 23.8 Å². The van der Waals surface area contributed by atoms with Crippen molar-refractivity contribution in [2.45, 2.75) is 26.7 Å². The summed E-state index contributed by atoms with van der Waals surface area (Å²) < 4.78 is 2.19. The summed E-state index contributed by atoms with van der Waals surface area (Å²) in [5.41, 5.74) is 12.8. The normalized spacial score (nSPS) is 11.2. The van der Waals surface area contributed by atoms with E-state index in [0.717, 1.165) is 24.2 Å². The predicted octanol–water partition coefficient (Wildman–Crippen LogP) is 3.51. The Morgan fingerprint density at radius 2 is 2.00 bits per heavy atom. The molecule has 0 aliphatic carbocycles. The van der Waals surface area contributed by atoms with Crippen LogP contribution in [0.2, 0.25) is 0 Å². The molecule has 21 heavy (non-hydrogen) atoms. The van der Waals surface area contributed by atoms with E-state index in [9.17, 15) is 0 Å². The Morgan fingerprint density at radius 1 is 1.14 bits per heavy atom. The van der Waals surface area contributed by atoms with Gasteiger partial charge in [-0.2, -0.15) is 0 Å². The number of nitrogens with two attached hydrogens (primary N) is 1. The van der Waals surface area contributed by atoms with Crippen LogP contribution in [0, 0.1) is 13.8 Å². The number of aryl methyl sites for hydroxylation is 3. The van der Waals surface area contributed by atoms with E-state index in [1.807, 2.05) is 12.1 Å². The van der Waals surface area contributed by atoms with Gasteiger partial charge >= 0.3 is 0 Å². The molecule has 3 rings (SSSR count). The zero-order valence-electron chi connectivity index (χ0n) is 12.6. The Hall–Kier alpha value is -2.13. The number of benzene rings is 1. The summed E-state index contributed by atoms with van der Waals surface area (Å²) in [6.45, 7) is 4.97. The Labute approximate surface area is 125 Å². The lowest BCUT2D eigenvalue weighted by Gasteiger charge is -2.08. The number of hydrogen-bond acceptors (Lipinski definition) is 2. The molecule has 1 aromatic carbocycles. The van der Waals surface area contributed by atoms with Crippen LogP contribution in [0.5, 0.6) is 0 Å². The molecule has 0 aliphatic rings. The van der Waals surface area contributed by atoms with Gasteiger partial charge in [-0.3, -0.25) is 0 Å². The first-order valence-electron chi connectivity index (χ1n) is 7.44. The van der Waals surface area contributed by atoms with Gasteiger partial charge in [-0.15, -0.1) is 0 Å². The van der Waals surface area contributed by atoms with E-state index in [-0.39, 0.29) is 0 Å². The molecule has 2 heterocycles. The molecule has 0 saturated heterocycles.